The van der Waals surface area contributed by atoms with E-state index in [0.29, 0.717) is 28.3 Å². The topological polar surface area (TPSA) is 34.0 Å². The van der Waals surface area contributed by atoms with E-state index in [1.807, 2.05) is 85.8 Å². The minimum atomic E-state index is -4.73. The summed E-state index contributed by atoms with van der Waals surface area (Å²) in [7, 11) is 0. The van der Waals surface area contributed by atoms with Gasteiger partial charge < -0.3 is 9.47 Å². The molecule has 314 valence electrons. The molecule has 6 aromatic carbocycles. The number of halogens is 3. The average molecular weight is 1030 g/mol. The molecule has 4 nitrogen and oxygen atoms in total. The van der Waals surface area contributed by atoms with Gasteiger partial charge in [-0.2, -0.15) is 13.2 Å². The number of thiophene rings is 1. The summed E-state index contributed by atoms with van der Waals surface area (Å²) >= 11 is 1.57. The van der Waals surface area contributed by atoms with Crippen LogP contribution < -0.4 is 4.90 Å². The van der Waals surface area contributed by atoms with Gasteiger partial charge in [0.05, 0.1) is 5.52 Å². The molecule has 0 unspecified atom stereocenters. The molecule has 0 fully saturated rings. The first-order valence-electron chi connectivity index (χ1n) is 20.8. The van der Waals surface area contributed by atoms with Gasteiger partial charge in [-0.1, -0.05) is 118 Å². The van der Waals surface area contributed by atoms with Crippen LogP contribution in [-0.2, 0) is 27.2 Å². The normalized spacial score (nSPS) is 12.0. The molecule has 0 atom stereocenters. The third kappa shape index (κ3) is 7.43. The van der Waals surface area contributed by atoms with Crippen molar-refractivity contribution in [3.63, 3.8) is 0 Å². The molecule has 0 spiro atoms. The maximum absolute atomic E-state index is 15.6. The van der Waals surface area contributed by atoms with Crippen molar-refractivity contribution in [1.29, 1.82) is 0 Å². The van der Waals surface area contributed by atoms with Crippen molar-refractivity contribution in [2.45, 2.75) is 52.6 Å². The summed E-state index contributed by atoms with van der Waals surface area (Å²) in [6, 6.07) is 51.6. The fourth-order valence-corrected chi connectivity index (χ4v) is 9.81. The molecular formula is C54H41F3N4PtS. The van der Waals surface area contributed by atoms with Crippen LogP contribution in [0.1, 0.15) is 61.1 Å². The number of fused-ring (bicyclic) bond motifs is 6. The molecule has 10 aromatic rings. The molecule has 4 heterocycles. The van der Waals surface area contributed by atoms with E-state index >= 15 is 13.2 Å². The third-order valence-corrected chi connectivity index (χ3v) is 12.6. The van der Waals surface area contributed by atoms with Crippen LogP contribution in [0.4, 0.5) is 30.2 Å². The maximum Gasteiger partial charge on any atom is 2.00 e. The van der Waals surface area contributed by atoms with Crippen molar-refractivity contribution in [3.05, 3.63) is 179 Å². The van der Waals surface area contributed by atoms with Crippen LogP contribution in [0.2, 0.25) is 0 Å². The summed E-state index contributed by atoms with van der Waals surface area (Å²) in [5.41, 5.74) is 7.47. The molecule has 0 N–H and O–H groups in total. The summed E-state index contributed by atoms with van der Waals surface area (Å²) < 4.78 is 49.0. The van der Waals surface area contributed by atoms with Crippen LogP contribution in [0.15, 0.2) is 146 Å². The monoisotopic (exact) mass is 1030 g/mol. The van der Waals surface area contributed by atoms with Gasteiger partial charge in [-0.3, -0.25) is 4.98 Å². The number of aromatic nitrogens is 3. The number of para-hydroxylation sites is 2. The van der Waals surface area contributed by atoms with Crippen molar-refractivity contribution in [3.8, 4) is 28.1 Å². The number of benzene rings is 6. The van der Waals surface area contributed by atoms with E-state index in [1.165, 1.54) is 12.1 Å². The average Bonchev–Trinajstić information content (AvgIpc) is 3.83. The minimum Gasteiger partial charge on any atom is -0.352 e. The number of aryl methyl sites for hydroxylation is 1. The molecule has 0 saturated carbocycles. The predicted molar refractivity (Wildman–Crippen MR) is 250 cm³/mol. The van der Waals surface area contributed by atoms with Crippen LogP contribution in [-0.4, -0.2) is 14.5 Å². The second kappa shape index (κ2) is 16.6. The van der Waals surface area contributed by atoms with Gasteiger partial charge in [0.25, 0.3) is 0 Å². The van der Waals surface area contributed by atoms with Crippen LogP contribution in [0.25, 0.3) is 71.0 Å². The molecular weight excluding hydrogens is 989 g/mol. The molecule has 0 aliphatic heterocycles. The van der Waals surface area contributed by atoms with Crippen molar-refractivity contribution < 1.29 is 34.2 Å². The Morgan fingerprint density at radius 3 is 2.05 bits per heavy atom. The van der Waals surface area contributed by atoms with Crippen LogP contribution in [0.3, 0.4) is 0 Å². The number of pyridine rings is 2. The van der Waals surface area contributed by atoms with Crippen LogP contribution in [0, 0.1) is 19.1 Å². The van der Waals surface area contributed by atoms with Crippen LogP contribution in [0.5, 0.6) is 0 Å². The Bertz CT molecular complexity index is 3250. The standard InChI is InChI=1S/C54H41F3N4S.Pt/c1-32(2)40-20-13-21-41(33(3)4)50(40)36-28-38(31-39(29-36)61-48-23-12-11-18-43(48)45-22-14-26-58-52(45)61)60(37-15-7-6-8-16-37)49-30-35(24-25-47(49)54(55,56)57)51-44-19-10-9-17-42(44)46-27-34(5)62-53(46)59-51;/h6-29,32-33H,1-5H3;/q-2;+2. The molecule has 9 heteroatoms. The van der Waals surface area contributed by atoms with E-state index in [9.17, 15) is 0 Å². The van der Waals surface area contributed by atoms with E-state index in [4.69, 9.17) is 9.97 Å². The number of hydrogen-bond acceptors (Lipinski definition) is 4. The number of nitrogens with zero attached hydrogens (tertiary/aromatic N) is 4. The molecule has 10 rings (SSSR count). The number of rotatable bonds is 8. The molecule has 0 radical (unpaired) electrons. The summed E-state index contributed by atoms with van der Waals surface area (Å²) in [6.45, 7) is 10.7. The van der Waals surface area contributed by atoms with E-state index in [2.05, 4.69) is 92.9 Å². The Kier molecular flexibility index (Phi) is 11.1. The zero-order chi connectivity index (χ0) is 42.9. The molecule has 4 aromatic heterocycles. The van der Waals surface area contributed by atoms with Gasteiger partial charge in [0.15, 0.2) is 0 Å². The zero-order valence-corrected chi connectivity index (χ0v) is 38.2. The molecule has 0 aliphatic rings. The first kappa shape index (κ1) is 42.2. The predicted octanol–water partition coefficient (Wildman–Crippen LogP) is 15.9. The van der Waals surface area contributed by atoms with Crippen molar-refractivity contribution in [1.82, 2.24) is 14.5 Å². The number of anilines is 3. The number of hydrogen-bond donors (Lipinski definition) is 0. The van der Waals surface area contributed by atoms with E-state index in [0.717, 1.165) is 70.1 Å². The Morgan fingerprint density at radius 2 is 1.33 bits per heavy atom. The molecule has 0 bridgehead atoms. The van der Waals surface area contributed by atoms with E-state index < -0.39 is 11.7 Å². The van der Waals surface area contributed by atoms with Gasteiger partial charge in [0.2, 0.25) is 0 Å². The number of alkyl halides is 3. The first-order chi connectivity index (χ1) is 30.0. The zero-order valence-electron chi connectivity index (χ0n) is 35.2. The smallest absolute Gasteiger partial charge is 0.352 e. The molecule has 0 amide bonds. The second-order valence-electron chi connectivity index (χ2n) is 16.4. The van der Waals surface area contributed by atoms with Crippen LogP contribution >= 0.6 is 11.3 Å². The first-order valence-corrected chi connectivity index (χ1v) is 21.6. The van der Waals surface area contributed by atoms with Crippen molar-refractivity contribution in [2.24, 2.45) is 0 Å². The summed E-state index contributed by atoms with van der Waals surface area (Å²) in [4.78, 5) is 13.6. The summed E-state index contributed by atoms with van der Waals surface area (Å²) in [5, 5.41) is 4.83. The Labute approximate surface area is 383 Å². The van der Waals surface area contributed by atoms with Gasteiger partial charge in [-0.15, -0.1) is 58.9 Å². The largest absolute Gasteiger partial charge is 2.00 e. The Balaban J connectivity index is 0.00000504. The fourth-order valence-electron chi connectivity index (χ4n) is 8.91. The fraction of sp³-hybridized carbons (Fsp3) is 0.148. The van der Waals surface area contributed by atoms with E-state index in [-0.39, 0.29) is 38.6 Å². The van der Waals surface area contributed by atoms with Gasteiger partial charge >= 0.3 is 27.2 Å². The second-order valence-corrected chi connectivity index (χ2v) is 17.6. The van der Waals surface area contributed by atoms with E-state index in [1.54, 1.807) is 22.4 Å². The third-order valence-electron chi connectivity index (χ3n) is 11.7. The maximum atomic E-state index is 15.6. The van der Waals surface area contributed by atoms with Gasteiger partial charge in [0, 0.05) is 32.9 Å². The van der Waals surface area contributed by atoms with Crippen molar-refractivity contribution in [2.75, 3.05) is 4.90 Å². The Morgan fingerprint density at radius 1 is 0.667 bits per heavy atom. The SMILES string of the molecule is Cc1cc2c(nc(-c3[c-]c(N(c4[c-]c(-n5c6ccccc6c6cccnc65)cc(-c5c(C(C)C)cccc5C(C)C)c4)c4ccccc4)c(C(F)(F)F)cc3)c3ccccc32)s1.[Pt+2]. The molecule has 0 aliphatic carbocycles. The van der Waals surface area contributed by atoms with Crippen molar-refractivity contribution >= 4 is 71.3 Å². The molecule has 63 heavy (non-hydrogen) atoms. The summed E-state index contributed by atoms with van der Waals surface area (Å²) in [6.07, 6.45) is -2.96. The quantitative estimate of drug-likeness (QED) is 0.142. The van der Waals surface area contributed by atoms with Gasteiger partial charge in [-0.25, -0.2) is 4.98 Å². The van der Waals surface area contributed by atoms with Gasteiger partial charge in [0.1, 0.15) is 10.5 Å². The molecule has 0 saturated heterocycles. The Hall–Kier alpha value is -6.08. The minimum absolute atomic E-state index is 0. The summed E-state index contributed by atoms with van der Waals surface area (Å²) in [5.74, 6) is 0.321. The van der Waals surface area contributed by atoms with Gasteiger partial charge in [-0.05, 0) is 99.6 Å².